The third kappa shape index (κ3) is 2.41. The van der Waals surface area contributed by atoms with Crippen LogP contribution in [0.1, 0.15) is 17.3 Å². The summed E-state index contributed by atoms with van der Waals surface area (Å²) in [6.07, 6.45) is 5.69. The van der Waals surface area contributed by atoms with Crippen molar-refractivity contribution in [2.75, 3.05) is 0 Å². The third-order valence-electron chi connectivity index (χ3n) is 2.34. The lowest BCUT2D eigenvalue weighted by atomic mass is 10.1. The Kier molecular flexibility index (Phi) is 3.56. The van der Waals surface area contributed by atoms with E-state index in [0.29, 0.717) is 11.4 Å². The molecule has 1 atom stereocenters. The number of hydrogen-bond acceptors (Lipinski definition) is 4. The van der Waals surface area contributed by atoms with Gasteiger partial charge in [0.05, 0.1) is 29.3 Å². The highest BCUT2D eigenvalue weighted by Crippen LogP contribution is 2.22. The number of nitrogens with zero attached hydrogens (tertiary/aromatic N) is 1. The summed E-state index contributed by atoms with van der Waals surface area (Å²) >= 11 is 6.06. The lowest BCUT2D eigenvalue weighted by Crippen LogP contribution is -2.30. The van der Waals surface area contributed by atoms with Gasteiger partial charge >= 0.3 is 0 Å². The first kappa shape index (κ1) is 11.1. The van der Waals surface area contributed by atoms with Gasteiger partial charge in [-0.3, -0.25) is 16.3 Å². The highest BCUT2D eigenvalue weighted by molar-refractivity contribution is 6.31. The summed E-state index contributed by atoms with van der Waals surface area (Å²) in [5.74, 6) is 5.51. The van der Waals surface area contributed by atoms with E-state index in [1.807, 2.05) is 6.07 Å². The normalized spacial score (nSPS) is 12.6. The van der Waals surface area contributed by atoms with Crippen molar-refractivity contribution in [1.29, 1.82) is 0 Å². The highest BCUT2D eigenvalue weighted by Gasteiger charge is 2.15. The van der Waals surface area contributed by atoms with Gasteiger partial charge in [-0.15, -0.1) is 0 Å². The average molecular weight is 238 g/mol. The fourth-order valence-corrected chi connectivity index (χ4v) is 1.79. The van der Waals surface area contributed by atoms with Gasteiger partial charge in [0.2, 0.25) is 0 Å². The Labute approximate surface area is 98.4 Å². The lowest BCUT2D eigenvalue weighted by molar-refractivity contribution is 0.527. The summed E-state index contributed by atoms with van der Waals surface area (Å²) in [6, 6.07) is 5.36. The van der Waals surface area contributed by atoms with Crippen LogP contribution in [0.5, 0.6) is 0 Å². The van der Waals surface area contributed by atoms with Crippen molar-refractivity contribution in [2.24, 2.45) is 5.84 Å². The Balaban J connectivity index is 2.20. The Morgan fingerprint density at radius 2 is 2.38 bits per heavy atom. The van der Waals surface area contributed by atoms with E-state index in [1.54, 1.807) is 30.9 Å². The van der Waals surface area contributed by atoms with Crippen molar-refractivity contribution in [3.05, 3.63) is 53.2 Å². The smallest absolute Gasteiger partial charge is 0.0935 e. The average Bonchev–Trinajstić information content (AvgIpc) is 2.80. The maximum Gasteiger partial charge on any atom is 0.0935 e. The quantitative estimate of drug-likeness (QED) is 0.631. The van der Waals surface area contributed by atoms with Crippen molar-refractivity contribution in [2.45, 2.75) is 12.5 Å². The molecular weight excluding hydrogens is 226 g/mol. The summed E-state index contributed by atoms with van der Waals surface area (Å²) in [4.78, 5) is 4.22. The van der Waals surface area contributed by atoms with E-state index in [0.717, 1.165) is 11.3 Å². The molecule has 2 heterocycles. The number of hydrazine groups is 1. The van der Waals surface area contributed by atoms with E-state index in [1.165, 1.54) is 0 Å². The highest BCUT2D eigenvalue weighted by atomic mass is 35.5. The Bertz CT molecular complexity index is 444. The second-order valence-corrected chi connectivity index (χ2v) is 3.83. The molecule has 0 aromatic carbocycles. The van der Waals surface area contributed by atoms with E-state index >= 15 is 0 Å². The number of pyridine rings is 1. The Morgan fingerprint density at radius 1 is 1.50 bits per heavy atom. The van der Waals surface area contributed by atoms with Gasteiger partial charge < -0.3 is 4.42 Å². The van der Waals surface area contributed by atoms with Crippen LogP contribution in [0.4, 0.5) is 0 Å². The van der Waals surface area contributed by atoms with Crippen LogP contribution < -0.4 is 11.3 Å². The predicted molar refractivity (Wildman–Crippen MR) is 61.7 cm³/mol. The fraction of sp³-hybridized carbons (Fsp3) is 0.182. The zero-order chi connectivity index (χ0) is 11.4. The molecule has 0 amide bonds. The molecule has 0 aliphatic carbocycles. The van der Waals surface area contributed by atoms with Crippen LogP contribution in [0.3, 0.4) is 0 Å². The molecule has 0 bridgehead atoms. The number of nitrogens with one attached hydrogen (secondary N) is 1. The monoisotopic (exact) mass is 237 g/mol. The summed E-state index contributed by atoms with van der Waals surface area (Å²) in [5.41, 5.74) is 4.50. The number of rotatable bonds is 4. The standard InChI is InChI=1S/C11H12ClN3O/c12-9-2-1-4-14-11(9)10(15-13)6-8-3-5-16-7-8/h1-5,7,10,15H,6,13H2. The Morgan fingerprint density at radius 3 is 3.00 bits per heavy atom. The number of furan rings is 1. The van der Waals surface area contributed by atoms with Crippen molar-refractivity contribution >= 4 is 11.6 Å². The first-order valence-electron chi connectivity index (χ1n) is 4.89. The van der Waals surface area contributed by atoms with Gasteiger partial charge in [-0.05, 0) is 30.2 Å². The summed E-state index contributed by atoms with van der Waals surface area (Å²) in [5, 5.41) is 0.606. The first-order valence-corrected chi connectivity index (χ1v) is 5.26. The van der Waals surface area contributed by atoms with Crippen molar-refractivity contribution in [3.63, 3.8) is 0 Å². The molecule has 0 saturated heterocycles. The zero-order valence-electron chi connectivity index (χ0n) is 8.56. The number of aromatic nitrogens is 1. The SMILES string of the molecule is NNC(Cc1ccoc1)c1ncccc1Cl. The van der Waals surface area contributed by atoms with Gasteiger partial charge in [0.1, 0.15) is 0 Å². The molecule has 0 spiro atoms. The van der Waals surface area contributed by atoms with E-state index < -0.39 is 0 Å². The van der Waals surface area contributed by atoms with Gasteiger partial charge in [-0.25, -0.2) is 0 Å². The van der Waals surface area contributed by atoms with E-state index in [2.05, 4.69) is 10.4 Å². The van der Waals surface area contributed by atoms with Crippen LogP contribution in [-0.4, -0.2) is 4.98 Å². The summed E-state index contributed by atoms with van der Waals surface area (Å²) in [7, 11) is 0. The van der Waals surface area contributed by atoms with Gasteiger partial charge in [0.25, 0.3) is 0 Å². The Hall–Kier alpha value is -1.36. The van der Waals surface area contributed by atoms with Crippen LogP contribution in [0.15, 0.2) is 41.3 Å². The van der Waals surface area contributed by atoms with Gasteiger partial charge in [0.15, 0.2) is 0 Å². The lowest BCUT2D eigenvalue weighted by Gasteiger charge is -2.15. The predicted octanol–water partition coefficient (Wildman–Crippen LogP) is 2.08. The molecule has 2 aromatic heterocycles. The molecule has 1 unspecified atom stereocenters. The molecule has 4 nitrogen and oxygen atoms in total. The van der Waals surface area contributed by atoms with Crippen LogP contribution in [0.2, 0.25) is 5.02 Å². The second kappa shape index (κ2) is 5.12. The van der Waals surface area contributed by atoms with Gasteiger partial charge in [-0.2, -0.15) is 0 Å². The number of halogens is 1. The van der Waals surface area contributed by atoms with Crippen LogP contribution in [-0.2, 0) is 6.42 Å². The minimum atomic E-state index is -0.119. The fourth-order valence-electron chi connectivity index (χ4n) is 1.53. The van der Waals surface area contributed by atoms with Crippen LogP contribution in [0, 0.1) is 0 Å². The van der Waals surface area contributed by atoms with Crippen LogP contribution >= 0.6 is 11.6 Å². The second-order valence-electron chi connectivity index (χ2n) is 3.43. The van der Waals surface area contributed by atoms with Crippen molar-refractivity contribution < 1.29 is 4.42 Å². The molecular formula is C11H12ClN3O. The van der Waals surface area contributed by atoms with Crippen LogP contribution in [0.25, 0.3) is 0 Å². The molecule has 0 saturated carbocycles. The molecule has 3 N–H and O–H groups in total. The van der Waals surface area contributed by atoms with Crippen molar-refractivity contribution in [1.82, 2.24) is 10.4 Å². The van der Waals surface area contributed by atoms with Crippen molar-refractivity contribution in [3.8, 4) is 0 Å². The minimum Gasteiger partial charge on any atom is -0.472 e. The van der Waals surface area contributed by atoms with E-state index in [9.17, 15) is 0 Å². The summed E-state index contributed by atoms with van der Waals surface area (Å²) in [6.45, 7) is 0. The minimum absolute atomic E-state index is 0.119. The molecule has 0 fully saturated rings. The zero-order valence-corrected chi connectivity index (χ0v) is 9.32. The maximum absolute atomic E-state index is 6.06. The number of nitrogens with two attached hydrogens (primary N) is 1. The molecule has 2 rings (SSSR count). The largest absolute Gasteiger partial charge is 0.472 e. The third-order valence-corrected chi connectivity index (χ3v) is 2.66. The van der Waals surface area contributed by atoms with E-state index in [4.69, 9.17) is 21.9 Å². The molecule has 16 heavy (non-hydrogen) atoms. The summed E-state index contributed by atoms with van der Waals surface area (Å²) < 4.78 is 5.00. The maximum atomic E-state index is 6.06. The first-order chi connectivity index (χ1) is 7.81. The van der Waals surface area contributed by atoms with Gasteiger partial charge in [0, 0.05) is 6.20 Å². The van der Waals surface area contributed by atoms with Gasteiger partial charge in [-0.1, -0.05) is 11.6 Å². The molecule has 0 aliphatic heterocycles. The van der Waals surface area contributed by atoms with E-state index in [-0.39, 0.29) is 6.04 Å². The molecule has 0 aliphatic rings. The molecule has 84 valence electrons. The molecule has 5 heteroatoms. The topological polar surface area (TPSA) is 64.1 Å². The molecule has 2 aromatic rings. The molecule has 0 radical (unpaired) electrons. The number of hydrogen-bond donors (Lipinski definition) is 2.